The van der Waals surface area contributed by atoms with Gasteiger partial charge in [0.05, 0.1) is 12.7 Å². The van der Waals surface area contributed by atoms with Crippen LogP contribution in [0.1, 0.15) is 22.8 Å². The minimum Gasteiger partial charge on any atom is -0.372 e. The number of nitrogens with two attached hydrogens (primary N) is 1. The average molecular weight is 350 g/mol. The molecule has 2 aromatic rings. The summed E-state index contributed by atoms with van der Waals surface area (Å²) in [4.78, 5) is 0. The summed E-state index contributed by atoms with van der Waals surface area (Å²) in [7, 11) is 0. The zero-order chi connectivity index (χ0) is 14.8. The standard InChI is InChI=1S/C17H17BrFNO/c18-15-10-13(19)6-5-12(15)9-16(20)17-14-4-2-1-3-11(14)7-8-21-17/h1-6,10,16-17H,7-9,20H2. The predicted octanol–water partition coefficient (Wildman–Crippen LogP) is 3.77. The number of hydrogen-bond donors (Lipinski definition) is 1. The fourth-order valence-electron chi connectivity index (χ4n) is 2.83. The minimum absolute atomic E-state index is 0.105. The largest absolute Gasteiger partial charge is 0.372 e. The summed E-state index contributed by atoms with van der Waals surface area (Å²) >= 11 is 3.39. The molecule has 1 aliphatic heterocycles. The Kier molecular flexibility index (Phi) is 4.38. The fourth-order valence-corrected chi connectivity index (χ4v) is 3.34. The summed E-state index contributed by atoms with van der Waals surface area (Å²) in [5.74, 6) is -0.251. The number of ether oxygens (including phenoxy) is 1. The lowest BCUT2D eigenvalue weighted by molar-refractivity contribution is 0.0246. The van der Waals surface area contributed by atoms with E-state index in [1.165, 1.54) is 23.3 Å². The first-order valence-electron chi connectivity index (χ1n) is 7.04. The summed E-state index contributed by atoms with van der Waals surface area (Å²) in [6, 6.07) is 12.8. The molecule has 0 saturated carbocycles. The molecule has 0 spiro atoms. The summed E-state index contributed by atoms with van der Waals surface area (Å²) < 4.78 is 19.8. The van der Waals surface area contributed by atoms with Gasteiger partial charge in [0.25, 0.3) is 0 Å². The summed E-state index contributed by atoms with van der Waals surface area (Å²) in [6.45, 7) is 0.694. The van der Waals surface area contributed by atoms with Crippen LogP contribution < -0.4 is 5.73 Å². The molecule has 2 N–H and O–H groups in total. The van der Waals surface area contributed by atoms with Crippen LogP contribution in [0.25, 0.3) is 0 Å². The van der Waals surface area contributed by atoms with Gasteiger partial charge >= 0.3 is 0 Å². The fraction of sp³-hybridized carbons (Fsp3) is 0.294. The van der Waals surface area contributed by atoms with Crippen molar-refractivity contribution in [3.05, 3.63) is 69.4 Å². The van der Waals surface area contributed by atoms with Crippen LogP contribution in [0, 0.1) is 5.82 Å². The Morgan fingerprint density at radius 3 is 2.90 bits per heavy atom. The topological polar surface area (TPSA) is 35.2 Å². The van der Waals surface area contributed by atoms with Crippen LogP contribution in [0.3, 0.4) is 0 Å². The highest BCUT2D eigenvalue weighted by atomic mass is 79.9. The second kappa shape index (κ2) is 6.26. The Bertz CT molecular complexity index is 646. The van der Waals surface area contributed by atoms with Gasteiger partial charge in [0.2, 0.25) is 0 Å². The number of rotatable bonds is 3. The Labute approximate surface area is 132 Å². The molecule has 21 heavy (non-hydrogen) atoms. The molecule has 110 valence electrons. The maximum atomic E-state index is 13.2. The van der Waals surface area contributed by atoms with Crippen molar-refractivity contribution in [2.24, 2.45) is 5.73 Å². The average Bonchev–Trinajstić information content (AvgIpc) is 2.49. The van der Waals surface area contributed by atoms with E-state index in [4.69, 9.17) is 10.5 Å². The van der Waals surface area contributed by atoms with Gasteiger partial charge in [-0.1, -0.05) is 46.3 Å². The lowest BCUT2D eigenvalue weighted by Crippen LogP contribution is -2.35. The van der Waals surface area contributed by atoms with Gasteiger partial charge in [0.1, 0.15) is 5.82 Å². The van der Waals surface area contributed by atoms with E-state index >= 15 is 0 Å². The smallest absolute Gasteiger partial charge is 0.124 e. The van der Waals surface area contributed by atoms with Crippen LogP contribution in [-0.4, -0.2) is 12.6 Å². The summed E-state index contributed by atoms with van der Waals surface area (Å²) in [5.41, 5.74) is 9.84. The first-order valence-corrected chi connectivity index (χ1v) is 7.83. The van der Waals surface area contributed by atoms with Crippen LogP contribution in [-0.2, 0) is 17.6 Å². The molecular weight excluding hydrogens is 333 g/mol. The lowest BCUT2D eigenvalue weighted by Gasteiger charge is -2.30. The number of fused-ring (bicyclic) bond motifs is 1. The van der Waals surface area contributed by atoms with E-state index in [1.54, 1.807) is 6.07 Å². The molecule has 2 unspecified atom stereocenters. The summed E-state index contributed by atoms with van der Waals surface area (Å²) in [5, 5.41) is 0. The van der Waals surface area contributed by atoms with Gasteiger partial charge in [-0.15, -0.1) is 0 Å². The molecule has 0 aliphatic carbocycles. The zero-order valence-corrected chi connectivity index (χ0v) is 13.1. The van der Waals surface area contributed by atoms with Crippen molar-refractivity contribution >= 4 is 15.9 Å². The quantitative estimate of drug-likeness (QED) is 0.915. The van der Waals surface area contributed by atoms with Crippen molar-refractivity contribution in [2.45, 2.75) is 25.0 Å². The van der Waals surface area contributed by atoms with E-state index in [0.29, 0.717) is 13.0 Å². The number of hydrogen-bond acceptors (Lipinski definition) is 2. The van der Waals surface area contributed by atoms with Crippen LogP contribution in [0.2, 0.25) is 0 Å². The number of benzene rings is 2. The normalized spacial score (nSPS) is 19.1. The Morgan fingerprint density at radius 1 is 1.29 bits per heavy atom. The second-order valence-electron chi connectivity index (χ2n) is 5.34. The third-order valence-corrected chi connectivity index (χ3v) is 4.63. The molecule has 0 amide bonds. The first kappa shape index (κ1) is 14.7. The molecule has 2 aromatic carbocycles. The van der Waals surface area contributed by atoms with E-state index < -0.39 is 0 Å². The van der Waals surface area contributed by atoms with E-state index in [0.717, 1.165) is 16.5 Å². The maximum absolute atomic E-state index is 13.2. The molecule has 2 atom stereocenters. The van der Waals surface area contributed by atoms with Crippen molar-refractivity contribution in [3.8, 4) is 0 Å². The molecule has 0 saturated heterocycles. The molecule has 1 heterocycles. The van der Waals surface area contributed by atoms with Crippen molar-refractivity contribution in [1.82, 2.24) is 0 Å². The number of halogens is 2. The van der Waals surface area contributed by atoms with Gasteiger partial charge in [0.15, 0.2) is 0 Å². The first-order chi connectivity index (χ1) is 10.1. The highest BCUT2D eigenvalue weighted by molar-refractivity contribution is 9.10. The predicted molar refractivity (Wildman–Crippen MR) is 84.6 cm³/mol. The molecule has 2 nitrogen and oxygen atoms in total. The molecule has 0 bridgehead atoms. The van der Waals surface area contributed by atoms with Crippen molar-refractivity contribution in [2.75, 3.05) is 6.61 Å². The molecule has 0 radical (unpaired) electrons. The van der Waals surface area contributed by atoms with Gasteiger partial charge in [-0.3, -0.25) is 0 Å². The van der Waals surface area contributed by atoms with Crippen molar-refractivity contribution < 1.29 is 9.13 Å². The molecular formula is C17H17BrFNO. The SMILES string of the molecule is NC(Cc1ccc(F)cc1Br)C1OCCc2ccccc21. The molecule has 0 aromatic heterocycles. The molecule has 0 fully saturated rings. The van der Waals surface area contributed by atoms with E-state index in [1.807, 2.05) is 12.1 Å². The molecule has 3 rings (SSSR count). The van der Waals surface area contributed by atoms with E-state index in [2.05, 4.69) is 28.1 Å². The second-order valence-corrected chi connectivity index (χ2v) is 6.20. The van der Waals surface area contributed by atoms with Gasteiger partial charge in [-0.25, -0.2) is 4.39 Å². The van der Waals surface area contributed by atoms with Crippen LogP contribution in [0.15, 0.2) is 46.9 Å². The van der Waals surface area contributed by atoms with Gasteiger partial charge in [0, 0.05) is 10.5 Å². The Balaban J connectivity index is 1.81. The Hall–Kier alpha value is -1.23. The maximum Gasteiger partial charge on any atom is 0.124 e. The third-order valence-electron chi connectivity index (χ3n) is 3.89. The minimum atomic E-state index is -0.251. The van der Waals surface area contributed by atoms with Crippen LogP contribution in [0.4, 0.5) is 4.39 Å². The molecule has 1 aliphatic rings. The summed E-state index contributed by atoms with van der Waals surface area (Å²) in [6.07, 6.45) is 1.46. The van der Waals surface area contributed by atoms with Gasteiger partial charge < -0.3 is 10.5 Å². The van der Waals surface area contributed by atoms with E-state index in [-0.39, 0.29) is 18.0 Å². The highest BCUT2D eigenvalue weighted by Crippen LogP contribution is 2.31. The molecule has 4 heteroatoms. The lowest BCUT2D eigenvalue weighted by atomic mass is 9.91. The monoisotopic (exact) mass is 349 g/mol. The zero-order valence-electron chi connectivity index (χ0n) is 11.6. The Morgan fingerprint density at radius 2 is 2.10 bits per heavy atom. The third kappa shape index (κ3) is 3.18. The van der Waals surface area contributed by atoms with Crippen molar-refractivity contribution in [1.29, 1.82) is 0 Å². The van der Waals surface area contributed by atoms with Crippen molar-refractivity contribution in [3.63, 3.8) is 0 Å². The van der Waals surface area contributed by atoms with Crippen LogP contribution >= 0.6 is 15.9 Å². The van der Waals surface area contributed by atoms with Crippen LogP contribution in [0.5, 0.6) is 0 Å². The van der Waals surface area contributed by atoms with E-state index in [9.17, 15) is 4.39 Å². The van der Waals surface area contributed by atoms with Gasteiger partial charge in [-0.2, -0.15) is 0 Å². The highest BCUT2D eigenvalue weighted by Gasteiger charge is 2.26. The van der Waals surface area contributed by atoms with Gasteiger partial charge in [-0.05, 0) is 41.7 Å².